The number of nitrogens with one attached hydrogen (secondary N) is 2. The zero-order chi connectivity index (χ0) is 35.4. The largest absolute Gasteiger partial charge is 0.493 e. The Morgan fingerprint density at radius 1 is 1.02 bits per heavy atom. The number of anilines is 1. The summed E-state index contributed by atoms with van der Waals surface area (Å²) >= 11 is 0. The minimum Gasteiger partial charge on any atom is -0.493 e. The number of nitrogens with zero attached hydrogens (tertiary/aromatic N) is 3. The molecule has 12 heteroatoms. The van der Waals surface area contributed by atoms with Gasteiger partial charge in [-0.3, -0.25) is 9.69 Å². The lowest BCUT2D eigenvalue weighted by molar-refractivity contribution is 0.0200. The third-order valence-electron chi connectivity index (χ3n) is 9.59. The first-order valence-electron chi connectivity index (χ1n) is 16.8. The van der Waals surface area contributed by atoms with Crippen LogP contribution in [0.15, 0.2) is 71.3 Å². The summed E-state index contributed by atoms with van der Waals surface area (Å²) in [7, 11) is 6.25. The molecule has 1 aliphatic heterocycles. The quantitative estimate of drug-likeness (QED) is 0.134. The summed E-state index contributed by atoms with van der Waals surface area (Å²) in [6.07, 6.45) is 3.98. The number of imidazole rings is 1. The number of carbonyl (C=O) groups is 1. The van der Waals surface area contributed by atoms with Crippen molar-refractivity contribution in [2.24, 2.45) is 0 Å². The zero-order valence-corrected chi connectivity index (χ0v) is 29.0. The summed E-state index contributed by atoms with van der Waals surface area (Å²) in [5.74, 6) is 0.261. The second-order valence-electron chi connectivity index (χ2n) is 12.5. The number of carbonyl (C=O) groups excluding carboxylic acids is 1. The number of furan rings is 1. The van der Waals surface area contributed by atoms with Crippen molar-refractivity contribution in [2.75, 3.05) is 46.8 Å². The van der Waals surface area contributed by atoms with Crippen LogP contribution in [0.25, 0.3) is 11.0 Å². The number of amides is 1. The number of aromatic amines is 1. The molecule has 0 aliphatic carbocycles. The molecule has 2 aromatic heterocycles. The van der Waals surface area contributed by atoms with Crippen LogP contribution in [0.5, 0.6) is 17.2 Å². The number of hydrogen-bond acceptors (Lipinski definition) is 8. The van der Waals surface area contributed by atoms with Gasteiger partial charge in [-0.15, -0.1) is 0 Å². The lowest BCUT2D eigenvalue weighted by Gasteiger charge is -2.45. The van der Waals surface area contributed by atoms with Crippen molar-refractivity contribution in [2.45, 2.75) is 50.7 Å². The normalized spacial score (nSPS) is 15.1. The number of piperidine rings is 1. The highest BCUT2D eigenvalue weighted by molar-refractivity contribution is 5.95. The van der Waals surface area contributed by atoms with Crippen LogP contribution in [-0.4, -0.2) is 79.3 Å². The lowest BCUT2D eigenvalue weighted by Crippen LogP contribution is -2.55. The average Bonchev–Trinajstić information content (AvgIpc) is 3.81. The Hall–Kier alpha value is -5.10. The van der Waals surface area contributed by atoms with Gasteiger partial charge in [0.1, 0.15) is 5.76 Å². The number of H-pyrrole nitrogens is 1. The number of aromatic nitrogens is 2. The number of halogens is 2. The Balaban J connectivity index is 1.24. The molecule has 0 radical (unpaired) electrons. The monoisotopic (exact) mass is 687 g/mol. The van der Waals surface area contributed by atoms with Crippen molar-refractivity contribution in [1.82, 2.24) is 19.8 Å². The summed E-state index contributed by atoms with van der Waals surface area (Å²) < 4.78 is 50.6. The third-order valence-corrected chi connectivity index (χ3v) is 9.59. The fourth-order valence-electron chi connectivity index (χ4n) is 7.06. The Bertz CT molecular complexity index is 1900. The molecular weight excluding hydrogens is 644 g/mol. The third kappa shape index (κ3) is 7.11. The van der Waals surface area contributed by atoms with Crippen molar-refractivity contribution >= 4 is 22.9 Å². The summed E-state index contributed by atoms with van der Waals surface area (Å²) in [6, 6.07) is 17.3. The molecule has 10 nitrogen and oxygen atoms in total. The van der Waals surface area contributed by atoms with Gasteiger partial charge in [-0.25, -0.2) is 13.8 Å². The van der Waals surface area contributed by atoms with Gasteiger partial charge in [0.15, 0.2) is 23.1 Å². The number of hydrogen-bond donors (Lipinski definition) is 2. The SMILES string of the molecule is CCC(c1ccc(F)c(F)c1)C(N1CCC(Nc2nc3c(Cc4ccco4)cccc3[nH]2)CC1)N(C)C(=O)c1cc(OC)c(OC)c(OC)c1. The number of methoxy groups -OCH3 is 3. The maximum absolute atomic E-state index is 14.6. The van der Waals surface area contributed by atoms with E-state index in [0.717, 1.165) is 41.3 Å². The van der Waals surface area contributed by atoms with Crippen molar-refractivity contribution in [3.05, 3.63) is 101 Å². The lowest BCUT2D eigenvalue weighted by atomic mass is 9.89. The molecule has 3 heterocycles. The number of para-hydroxylation sites is 1. The van der Waals surface area contributed by atoms with Crippen LogP contribution in [0.3, 0.4) is 0 Å². The molecule has 50 heavy (non-hydrogen) atoms. The maximum atomic E-state index is 14.6. The maximum Gasteiger partial charge on any atom is 0.255 e. The number of likely N-dealkylation sites (tertiary alicyclic amines) is 1. The highest BCUT2D eigenvalue weighted by Crippen LogP contribution is 2.39. The van der Waals surface area contributed by atoms with Crippen LogP contribution in [0.1, 0.15) is 59.3 Å². The molecule has 1 amide bonds. The molecule has 2 atom stereocenters. The minimum absolute atomic E-state index is 0.125. The van der Waals surface area contributed by atoms with Gasteiger partial charge in [0, 0.05) is 44.1 Å². The van der Waals surface area contributed by atoms with Crippen LogP contribution >= 0.6 is 0 Å². The van der Waals surface area contributed by atoms with E-state index < -0.39 is 17.8 Å². The van der Waals surface area contributed by atoms with Gasteiger partial charge in [0.05, 0.1) is 44.8 Å². The first kappa shape index (κ1) is 34.8. The minimum atomic E-state index is -0.917. The Morgan fingerprint density at radius 3 is 2.38 bits per heavy atom. The van der Waals surface area contributed by atoms with E-state index in [4.69, 9.17) is 23.6 Å². The van der Waals surface area contributed by atoms with Gasteiger partial charge in [-0.2, -0.15) is 0 Å². The number of rotatable bonds is 13. The number of benzene rings is 3. The first-order valence-corrected chi connectivity index (χ1v) is 16.8. The van der Waals surface area contributed by atoms with E-state index in [9.17, 15) is 13.6 Å². The van der Waals surface area contributed by atoms with Crippen LogP contribution in [0.2, 0.25) is 0 Å². The average molecular weight is 688 g/mol. The van der Waals surface area contributed by atoms with Crippen molar-refractivity contribution in [1.29, 1.82) is 0 Å². The van der Waals surface area contributed by atoms with Gasteiger partial charge >= 0.3 is 0 Å². The van der Waals surface area contributed by atoms with Crippen LogP contribution in [-0.2, 0) is 6.42 Å². The number of likely N-dealkylation sites (N-methyl/N-ethyl adjacent to an activating group) is 1. The highest BCUT2D eigenvalue weighted by Gasteiger charge is 2.37. The van der Waals surface area contributed by atoms with Crippen molar-refractivity contribution in [3.8, 4) is 17.2 Å². The van der Waals surface area contributed by atoms with E-state index in [1.165, 1.54) is 27.4 Å². The van der Waals surface area contributed by atoms with E-state index in [1.54, 1.807) is 36.4 Å². The molecule has 1 aliphatic rings. The molecule has 1 fully saturated rings. The predicted octanol–water partition coefficient (Wildman–Crippen LogP) is 7.22. The van der Waals surface area contributed by atoms with Crippen molar-refractivity contribution in [3.63, 3.8) is 0 Å². The predicted molar refractivity (Wildman–Crippen MR) is 187 cm³/mol. The Kier molecular flexibility index (Phi) is 10.6. The summed E-state index contributed by atoms with van der Waals surface area (Å²) in [4.78, 5) is 26.5. The van der Waals surface area contributed by atoms with E-state index in [1.807, 2.05) is 31.2 Å². The molecule has 5 aromatic rings. The van der Waals surface area contributed by atoms with Crippen LogP contribution < -0.4 is 19.5 Å². The van der Waals surface area contributed by atoms with E-state index in [0.29, 0.717) is 60.3 Å². The molecule has 2 unspecified atom stereocenters. The standard InChI is InChI=1S/C38H43F2N5O5/c1-6-28(23-12-13-29(39)30(40)20-23)36(44(2)37(46)25-21-32(47-3)35(49-5)33(22-25)48-4)45-16-14-26(15-17-45)41-38-42-31-11-7-9-24(34(31)43-38)19-27-10-8-18-50-27/h7-13,18,20-22,26,28,36H,6,14-17,19H2,1-5H3,(H2,41,42,43). The first-order chi connectivity index (χ1) is 24.2. The second kappa shape index (κ2) is 15.2. The van der Waals surface area contributed by atoms with Gasteiger partial charge < -0.3 is 33.8 Å². The highest BCUT2D eigenvalue weighted by atomic mass is 19.2. The van der Waals surface area contributed by atoms with Crippen LogP contribution in [0.4, 0.5) is 14.7 Å². The molecule has 1 saturated heterocycles. The molecule has 6 rings (SSSR count). The summed E-state index contributed by atoms with van der Waals surface area (Å²) in [5.41, 5.74) is 3.88. The number of fused-ring (bicyclic) bond motifs is 1. The fourth-order valence-corrected chi connectivity index (χ4v) is 7.06. The molecule has 3 aromatic carbocycles. The number of ether oxygens (including phenoxy) is 3. The second-order valence-corrected chi connectivity index (χ2v) is 12.5. The summed E-state index contributed by atoms with van der Waals surface area (Å²) in [6.45, 7) is 3.30. The molecule has 264 valence electrons. The molecule has 2 N–H and O–H groups in total. The topological polar surface area (TPSA) is 105 Å². The zero-order valence-electron chi connectivity index (χ0n) is 29.0. The fraction of sp³-hybridized carbons (Fsp3) is 0.368. The van der Waals surface area contributed by atoms with E-state index in [-0.39, 0.29) is 17.9 Å². The molecule has 0 spiro atoms. The summed E-state index contributed by atoms with van der Waals surface area (Å²) in [5, 5.41) is 3.59. The van der Waals surface area contributed by atoms with E-state index in [2.05, 4.69) is 21.3 Å². The molecule has 0 bridgehead atoms. The van der Waals surface area contributed by atoms with Gasteiger partial charge in [0.2, 0.25) is 11.7 Å². The Morgan fingerprint density at radius 2 is 1.76 bits per heavy atom. The van der Waals surface area contributed by atoms with Crippen molar-refractivity contribution < 1.29 is 32.2 Å². The smallest absolute Gasteiger partial charge is 0.255 e. The van der Waals surface area contributed by atoms with Gasteiger partial charge in [-0.1, -0.05) is 25.1 Å². The van der Waals surface area contributed by atoms with Crippen LogP contribution in [0, 0.1) is 11.6 Å². The molecular formula is C38H43F2N5O5. The van der Waals surface area contributed by atoms with Gasteiger partial charge in [0.25, 0.3) is 5.91 Å². The Labute approximate surface area is 290 Å². The van der Waals surface area contributed by atoms with E-state index >= 15 is 0 Å². The molecule has 0 saturated carbocycles. The van der Waals surface area contributed by atoms with Gasteiger partial charge in [-0.05, 0) is 72.9 Å².